The van der Waals surface area contributed by atoms with Crippen molar-refractivity contribution >= 4 is 22.1 Å². The van der Waals surface area contributed by atoms with Gasteiger partial charge in [-0.25, -0.2) is 0 Å². The van der Waals surface area contributed by atoms with Gasteiger partial charge in [0, 0.05) is 0 Å². The maximum Gasteiger partial charge on any atom is 0.438 e. The summed E-state index contributed by atoms with van der Waals surface area (Å²) in [7, 11) is -5.89. The minimum Gasteiger partial charge on any atom is -0.459 e. The number of carbonyl (C=O) groups excluding carboxylic acids is 2. The molecule has 2 unspecified atom stereocenters. The Hall–Kier alpha value is -1.57. The molecule has 0 aromatic heterocycles. The number of hydrogen-bond acceptors (Lipinski definition) is 6. The first-order valence-corrected chi connectivity index (χ1v) is 13.6. The van der Waals surface area contributed by atoms with E-state index in [4.69, 9.17) is 9.29 Å². The Morgan fingerprint density at radius 2 is 1.22 bits per heavy atom. The topological polar surface area (TPSA) is 107 Å². The standard InChI is InChI=1S/C22H28F6O7S/c23-21(24,25)20(22(26,27)28,11-36(31,32)33)35-18(30)16-4-2-1-3-15(16)17(29)34-19-8-12-5-13(9-19)7-14(6-12)10-19/h12-16H,1-11H2,(H,31,32,33). The Bertz CT molecular complexity index is 941. The fourth-order valence-corrected chi connectivity index (χ4v) is 8.01. The van der Waals surface area contributed by atoms with Gasteiger partial charge in [0.15, 0.2) is 0 Å². The molecule has 2 atom stereocenters. The van der Waals surface area contributed by atoms with Crippen LogP contribution < -0.4 is 0 Å². The molecule has 0 amide bonds. The van der Waals surface area contributed by atoms with Crippen molar-refractivity contribution in [3.8, 4) is 0 Å². The molecule has 0 aromatic rings. The van der Waals surface area contributed by atoms with E-state index in [1.807, 2.05) is 0 Å². The molecule has 4 bridgehead atoms. The Kier molecular flexibility index (Phi) is 6.88. The predicted octanol–water partition coefficient (Wildman–Crippen LogP) is 4.60. The fourth-order valence-electron chi connectivity index (χ4n) is 7.11. The van der Waals surface area contributed by atoms with Gasteiger partial charge in [0.25, 0.3) is 10.1 Å². The fraction of sp³-hybridized carbons (Fsp3) is 0.909. The van der Waals surface area contributed by atoms with E-state index < -0.39 is 63.2 Å². The SMILES string of the molecule is O=C(OC12CC3CC(CC(C3)C1)C2)C1CCCCC1C(=O)OC(CS(=O)(=O)O)(C(F)(F)F)C(F)(F)F. The van der Waals surface area contributed by atoms with E-state index in [9.17, 15) is 44.3 Å². The van der Waals surface area contributed by atoms with E-state index in [-0.39, 0.29) is 19.3 Å². The lowest BCUT2D eigenvalue weighted by atomic mass is 9.54. The summed E-state index contributed by atoms with van der Waals surface area (Å²) in [6, 6.07) is 0. The summed E-state index contributed by atoms with van der Waals surface area (Å²) >= 11 is 0. The third-order valence-corrected chi connectivity index (χ3v) is 9.02. The molecule has 0 spiro atoms. The molecule has 36 heavy (non-hydrogen) atoms. The molecule has 0 heterocycles. The van der Waals surface area contributed by atoms with Crippen LogP contribution >= 0.6 is 0 Å². The highest BCUT2D eigenvalue weighted by atomic mass is 32.2. The molecule has 0 aliphatic heterocycles. The van der Waals surface area contributed by atoms with Crippen molar-refractivity contribution in [2.24, 2.45) is 29.6 Å². The number of ether oxygens (including phenoxy) is 2. The number of halogens is 6. The molecule has 1 N–H and O–H groups in total. The summed E-state index contributed by atoms with van der Waals surface area (Å²) in [4.78, 5) is 25.9. The largest absolute Gasteiger partial charge is 0.459 e. The molecule has 14 heteroatoms. The molecule has 0 radical (unpaired) electrons. The number of alkyl halides is 6. The minimum atomic E-state index is -6.42. The molecule has 5 fully saturated rings. The number of rotatable bonds is 6. The molecule has 7 nitrogen and oxygen atoms in total. The Labute approximate surface area is 204 Å². The Morgan fingerprint density at radius 3 is 1.61 bits per heavy atom. The molecule has 5 aliphatic carbocycles. The molecule has 5 rings (SSSR count). The zero-order valence-corrected chi connectivity index (χ0v) is 20.1. The third kappa shape index (κ3) is 5.21. The number of carbonyl (C=O) groups is 2. The van der Waals surface area contributed by atoms with Gasteiger partial charge in [-0.2, -0.15) is 34.8 Å². The molecule has 5 aliphatic rings. The van der Waals surface area contributed by atoms with Gasteiger partial charge in [-0.3, -0.25) is 14.1 Å². The first kappa shape index (κ1) is 27.5. The summed E-state index contributed by atoms with van der Waals surface area (Å²) < 4.78 is 123. The Balaban J connectivity index is 1.56. The van der Waals surface area contributed by atoms with Crippen LogP contribution in [0.4, 0.5) is 26.3 Å². The van der Waals surface area contributed by atoms with E-state index in [1.54, 1.807) is 0 Å². The number of hydrogen-bond donors (Lipinski definition) is 1. The average Bonchev–Trinajstić information content (AvgIpc) is 2.69. The molecule has 5 saturated carbocycles. The van der Waals surface area contributed by atoms with Crippen molar-refractivity contribution in [1.82, 2.24) is 0 Å². The smallest absolute Gasteiger partial charge is 0.438 e. The normalized spacial score (nSPS) is 34.9. The summed E-state index contributed by atoms with van der Waals surface area (Å²) in [5.74, 6) is -7.59. The summed E-state index contributed by atoms with van der Waals surface area (Å²) in [5.41, 5.74) is -6.22. The van der Waals surface area contributed by atoms with Crippen molar-refractivity contribution in [1.29, 1.82) is 0 Å². The predicted molar refractivity (Wildman–Crippen MR) is 110 cm³/mol. The average molecular weight is 551 g/mol. The van der Waals surface area contributed by atoms with Gasteiger partial charge < -0.3 is 9.47 Å². The second kappa shape index (κ2) is 9.02. The second-order valence-corrected chi connectivity index (χ2v) is 12.4. The minimum absolute atomic E-state index is 0.00823. The molecule has 0 saturated heterocycles. The zero-order valence-electron chi connectivity index (χ0n) is 19.2. The van der Waals surface area contributed by atoms with E-state index in [1.165, 1.54) is 0 Å². The van der Waals surface area contributed by atoms with Gasteiger partial charge in [0.05, 0.1) is 11.8 Å². The first-order chi connectivity index (χ1) is 16.4. The lowest BCUT2D eigenvalue weighted by Crippen LogP contribution is -2.64. The first-order valence-electron chi connectivity index (χ1n) is 12.0. The summed E-state index contributed by atoms with van der Waals surface area (Å²) in [6.45, 7) is 0. The van der Waals surface area contributed by atoms with Gasteiger partial charge in [0.1, 0.15) is 11.4 Å². The highest BCUT2D eigenvalue weighted by Gasteiger charge is 2.76. The van der Waals surface area contributed by atoms with Crippen LogP contribution in [0.15, 0.2) is 0 Å². The summed E-state index contributed by atoms with van der Waals surface area (Å²) in [5, 5.41) is 0. The monoisotopic (exact) mass is 550 g/mol. The third-order valence-electron chi connectivity index (χ3n) is 8.25. The van der Waals surface area contributed by atoms with E-state index in [0.29, 0.717) is 43.4 Å². The van der Waals surface area contributed by atoms with Crippen molar-refractivity contribution < 1.29 is 58.4 Å². The van der Waals surface area contributed by atoms with Gasteiger partial charge in [-0.15, -0.1) is 0 Å². The highest BCUT2D eigenvalue weighted by molar-refractivity contribution is 7.85. The van der Waals surface area contributed by atoms with Crippen LogP contribution in [0.3, 0.4) is 0 Å². The highest BCUT2D eigenvalue weighted by Crippen LogP contribution is 2.57. The molecular weight excluding hydrogens is 522 g/mol. The quantitative estimate of drug-likeness (QED) is 0.293. The number of esters is 2. The zero-order chi connectivity index (χ0) is 26.7. The van der Waals surface area contributed by atoms with Gasteiger partial charge >= 0.3 is 29.9 Å². The van der Waals surface area contributed by atoms with Crippen LogP contribution in [-0.4, -0.2) is 54.2 Å². The van der Waals surface area contributed by atoms with Gasteiger partial charge in [0.2, 0.25) is 0 Å². The van der Waals surface area contributed by atoms with Crippen molar-refractivity contribution in [3.63, 3.8) is 0 Å². The van der Waals surface area contributed by atoms with E-state index >= 15 is 0 Å². The molecular formula is C22H28F6O7S. The maximum absolute atomic E-state index is 13.6. The van der Waals surface area contributed by atoms with Crippen LogP contribution in [0, 0.1) is 29.6 Å². The van der Waals surface area contributed by atoms with Gasteiger partial charge in [-0.05, 0) is 69.1 Å². The van der Waals surface area contributed by atoms with Crippen LogP contribution in [0.2, 0.25) is 0 Å². The van der Waals surface area contributed by atoms with Crippen LogP contribution in [0.1, 0.15) is 64.2 Å². The van der Waals surface area contributed by atoms with Crippen molar-refractivity contribution in [3.05, 3.63) is 0 Å². The lowest BCUT2D eigenvalue weighted by Gasteiger charge is -2.56. The molecule has 206 valence electrons. The van der Waals surface area contributed by atoms with Gasteiger partial charge in [-0.1, -0.05) is 12.8 Å². The lowest BCUT2D eigenvalue weighted by molar-refractivity contribution is -0.362. The van der Waals surface area contributed by atoms with Crippen LogP contribution in [0.25, 0.3) is 0 Å². The van der Waals surface area contributed by atoms with Crippen molar-refractivity contribution in [2.75, 3.05) is 5.75 Å². The van der Waals surface area contributed by atoms with Crippen LogP contribution in [0.5, 0.6) is 0 Å². The van der Waals surface area contributed by atoms with Crippen molar-refractivity contribution in [2.45, 2.75) is 87.8 Å². The van der Waals surface area contributed by atoms with Crippen LogP contribution in [-0.2, 0) is 29.2 Å². The van der Waals surface area contributed by atoms with E-state index in [0.717, 1.165) is 19.3 Å². The summed E-state index contributed by atoms with van der Waals surface area (Å²) in [6.07, 6.45) is -7.35. The maximum atomic E-state index is 13.6. The van der Waals surface area contributed by atoms with E-state index in [2.05, 4.69) is 4.74 Å². The Morgan fingerprint density at radius 1 is 0.806 bits per heavy atom. The molecule has 0 aromatic carbocycles. The second-order valence-electron chi connectivity index (χ2n) is 11.0.